The Morgan fingerprint density at radius 2 is 2.05 bits per heavy atom. The molecule has 106 valence electrons. The van der Waals surface area contributed by atoms with Gasteiger partial charge in [-0.05, 0) is 24.1 Å². The van der Waals surface area contributed by atoms with Crippen LogP contribution in [0.4, 0.5) is 5.69 Å². The van der Waals surface area contributed by atoms with Crippen LogP contribution in [0.5, 0.6) is 0 Å². The maximum Gasteiger partial charge on any atom is 0.324 e. The average Bonchev–Trinajstić information content (AvgIpc) is 2.23. The van der Waals surface area contributed by atoms with Crippen LogP contribution in [0.1, 0.15) is 13.8 Å². The van der Waals surface area contributed by atoms with Gasteiger partial charge in [0.1, 0.15) is 6.54 Å². The average molecular weight is 306 g/mol. The molecule has 0 aliphatic rings. The highest BCUT2D eigenvalue weighted by molar-refractivity contribution is 7.92. The van der Waals surface area contributed by atoms with Crippen LogP contribution in [0.15, 0.2) is 24.3 Å². The summed E-state index contributed by atoms with van der Waals surface area (Å²) in [6.45, 7) is 2.90. The zero-order valence-corrected chi connectivity index (χ0v) is 12.3. The first kappa shape index (κ1) is 15.8. The predicted molar refractivity (Wildman–Crippen MR) is 75.1 cm³/mol. The number of hydrogen-bond donors (Lipinski definition) is 1. The third kappa shape index (κ3) is 4.72. The molecule has 1 N–H and O–H groups in total. The first-order chi connectivity index (χ1) is 8.72. The summed E-state index contributed by atoms with van der Waals surface area (Å²) in [7, 11) is -3.69. The molecule has 1 aromatic carbocycles. The lowest BCUT2D eigenvalue weighted by Gasteiger charge is -2.23. The smallest absolute Gasteiger partial charge is 0.324 e. The van der Waals surface area contributed by atoms with E-state index in [4.69, 9.17) is 16.7 Å². The maximum absolute atomic E-state index is 12.2. The number of carboxylic acid groups (broad SMARTS) is 1. The van der Waals surface area contributed by atoms with E-state index < -0.39 is 22.5 Å². The second kappa shape index (κ2) is 6.25. The molecule has 0 heterocycles. The van der Waals surface area contributed by atoms with Crippen molar-refractivity contribution in [2.24, 2.45) is 5.92 Å². The molecule has 7 heteroatoms. The topological polar surface area (TPSA) is 74.7 Å². The van der Waals surface area contributed by atoms with Crippen molar-refractivity contribution in [3.63, 3.8) is 0 Å². The van der Waals surface area contributed by atoms with Gasteiger partial charge < -0.3 is 5.11 Å². The molecule has 0 saturated heterocycles. The first-order valence-corrected chi connectivity index (χ1v) is 7.69. The Labute approximate surface area is 117 Å². The second-order valence-corrected chi connectivity index (χ2v) is 6.93. The van der Waals surface area contributed by atoms with Crippen LogP contribution in [-0.4, -0.2) is 31.8 Å². The third-order valence-corrected chi connectivity index (χ3v) is 4.59. The van der Waals surface area contributed by atoms with Gasteiger partial charge in [0.05, 0.1) is 11.4 Å². The van der Waals surface area contributed by atoms with Crippen LogP contribution in [0.2, 0.25) is 5.02 Å². The number of hydrogen-bond acceptors (Lipinski definition) is 3. The number of carboxylic acids is 1. The summed E-state index contributed by atoms with van der Waals surface area (Å²) in [5.74, 6) is -1.43. The molecule has 19 heavy (non-hydrogen) atoms. The summed E-state index contributed by atoms with van der Waals surface area (Å²) in [6, 6.07) is 6.13. The highest BCUT2D eigenvalue weighted by Gasteiger charge is 2.25. The van der Waals surface area contributed by atoms with E-state index in [1.165, 1.54) is 12.1 Å². The predicted octanol–water partition coefficient (Wildman–Crippen LogP) is 2.22. The fraction of sp³-hybridized carbons (Fsp3) is 0.417. The van der Waals surface area contributed by atoms with Crippen LogP contribution in [0.3, 0.4) is 0 Å². The molecule has 0 atom stereocenters. The van der Waals surface area contributed by atoms with E-state index in [1.807, 2.05) is 0 Å². The molecule has 0 saturated carbocycles. The molecule has 0 fully saturated rings. The van der Waals surface area contributed by atoms with Crippen molar-refractivity contribution in [1.82, 2.24) is 0 Å². The van der Waals surface area contributed by atoms with Gasteiger partial charge in [0.2, 0.25) is 10.0 Å². The van der Waals surface area contributed by atoms with Gasteiger partial charge in [-0.15, -0.1) is 0 Å². The number of rotatable bonds is 6. The normalized spacial score (nSPS) is 11.6. The van der Waals surface area contributed by atoms with Crippen molar-refractivity contribution in [3.05, 3.63) is 29.3 Å². The molecule has 1 rings (SSSR count). The minimum atomic E-state index is -3.69. The second-order valence-electron chi connectivity index (χ2n) is 4.55. The Hall–Kier alpha value is -1.27. The zero-order chi connectivity index (χ0) is 14.6. The number of sulfonamides is 1. The molecule has 0 aliphatic heterocycles. The molecule has 0 unspecified atom stereocenters. The molecule has 0 aromatic heterocycles. The summed E-state index contributed by atoms with van der Waals surface area (Å²) in [5, 5.41) is 9.23. The van der Waals surface area contributed by atoms with Crippen molar-refractivity contribution in [2.75, 3.05) is 16.6 Å². The van der Waals surface area contributed by atoms with E-state index in [2.05, 4.69) is 0 Å². The van der Waals surface area contributed by atoms with Gasteiger partial charge in [-0.3, -0.25) is 9.10 Å². The van der Waals surface area contributed by atoms with Crippen molar-refractivity contribution < 1.29 is 18.3 Å². The summed E-state index contributed by atoms with van der Waals surface area (Å²) >= 11 is 5.81. The van der Waals surface area contributed by atoms with E-state index in [1.54, 1.807) is 26.0 Å². The number of aliphatic carboxylic acids is 1. The Balaban J connectivity index is 3.18. The van der Waals surface area contributed by atoms with Crippen LogP contribution in [-0.2, 0) is 14.8 Å². The van der Waals surface area contributed by atoms with Gasteiger partial charge in [-0.1, -0.05) is 31.5 Å². The van der Waals surface area contributed by atoms with E-state index >= 15 is 0 Å². The number of carbonyl (C=O) groups is 1. The van der Waals surface area contributed by atoms with Crippen molar-refractivity contribution in [3.8, 4) is 0 Å². The van der Waals surface area contributed by atoms with Gasteiger partial charge >= 0.3 is 5.97 Å². The quantitative estimate of drug-likeness (QED) is 0.874. The van der Waals surface area contributed by atoms with Crippen LogP contribution in [0, 0.1) is 5.92 Å². The Bertz CT molecular complexity index is 557. The van der Waals surface area contributed by atoms with Crippen molar-refractivity contribution in [2.45, 2.75) is 13.8 Å². The molecule has 0 radical (unpaired) electrons. The minimum absolute atomic E-state index is 0.0968. The fourth-order valence-corrected chi connectivity index (χ4v) is 3.56. The van der Waals surface area contributed by atoms with E-state index in [9.17, 15) is 13.2 Å². The molecule has 0 amide bonds. The molecular weight excluding hydrogens is 290 g/mol. The third-order valence-electron chi connectivity index (χ3n) is 2.25. The summed E-state index contributed by atoms with van der Waals surface area (Å²) in [6.07, 6.45) is 0. The van der Waals surface area contributed by atoms with Crippen molar-refractivity contribution >= 4 is 33.3 Å². The molecule has 1 aromatic rings. The summed E-state index contributed by atoms with van der Waals surface area (Å²) in [5.41, 5.74) is 0.260. The zero-order valence-electron chi connectivity index (χ0n) is 10.7. The van der Waals surface area contributed by atoms with E-state index in [0.29, 0.717) is 5.02 Å². The lowest BCUT2D eigenvalue weighted by molar-refractivity contribution is -0.135. The highest BCUT2D eigenvalue weighted by Crippen LogP contribution is 2.23. The SMILES string of the molecule is CC(C)CS(=O)(=O)N(CC(=O)O)c1cccc(Cl)c1. The van der Waals surface area contributed by atoms with Gasteiger partial charge in [0.25, 0.3) is 0 Å². The number of nitrogens with zero attached hydrogens (tertiary/aromatic N) is 1. The molecule has 0 bridgehead atoms. The largest absolute Gasteiger partial charge is 0.480 e. The molecule has 0 spiro atoms. The van der Waals surface area contributed by atoms with E-state index in [0.717, 1.165) is 4.31 Å². The van der Waals surface area contributed by atoms with Crippen molar-refractivity contribution in [1.29, 1.82) is 0 Å². The van der Waals surface area contributed by atoms with Crippen LogP contribution in [0.25, 0.3) is 0 Å². The molecule has 5 nitrogen and oxygen atoms in total. The summed E-state index contributed by atoms with van der Waals surface area (Å²) in [4.78, 5) is 10.9. The maximum atomic E-state index is 12.2. The van der Waals surface area contributed by atoms with Gasteiger partial charge in [-0.25, -0.2) is 8.42 Å². The highest BCUT2D eigenvalue weighted by atomic mass is 35.5. The Morgan fingerprint density at radius 1 is 1.42 bits per heavy atom. The number of halogens is 1. The lowest BCUT2D eigenvalue weighted by atomic mass is 10.3. The fourth-order valence-electron chi connectivity index (χ4n) is 1.62. The number of anilines is 1. The Kier molecular flexibility index (Phi) is 5.20. The van der Waals surface area contributed by atoms with E-state index in [-0.39, 0.29) is 17.4 Å². The van der Waals surface area contributed by atoms with Gasteiger partial charge in [-0.2, -0.15) is 0 Å². The lowest BCUT2D eigenvalue weighted by Crippen LogP contribution is -2.38. The van der Waals surface area contributed by atoms with Gasteiger partial charge in [0, 0.05) is 5.02 Å². The number of benzene rings is 1. The molecular formula is C12H16ClNO4S. The van der Waals surface area contributed by atoms with Crippen LogP contribution >= 0.6 is 11.6 Å². The molecule has 0 aliphatic carbocycles. The Morgan fingerprint density at radius 3 is 2.53 bits per heavy atom. The first-order valence-electron chi connectivity index (χ1n) is 5.70. The monoisotopic (exact) mass is 305 g/mol. The summed E-state index contributed by atoms with van der Waals surface area (Å²) < 4.78 is 25.3. The minimum Gasteiger partial charge on any atom is -0.480 e. The van der Waals surface area contributed by atoms with Crippen LogP contribution < -0.4 is 4.31 Å². The standard InChI is InChI=1S/C12H16ClNO4S/c1-9(2)8-19(17,18)14(7-12(15)16)11-5-3-4-10(13)6-11/h3-6,9H,7-8H2,1-2H3,(H,15,16). The van der Waals surface area contributed by atoms with Gasteiger partial charge in [0.15, 0.2) is 0 Å².